The van der Waals surface area contributed by atoms with E-state index in [1.54, 1.807) is 0 Å². The minimum Gasteiger partial charge on any atom is -0.304 e. The van der Waals surface area contributed by atoms with E-state index in [1.165, 1.54) is 19.6 Å². The van der Waals surface area contributed by atoms with Gasteiger partial charge in [-0.15, -0.1) is 6.58 Å². The molecule has 0 aliphatic carbocycles. The van der Waals surface area contributed by atoms with Crippen LogP contribution in [-0.4, -0.2) is 49.9 Å². The van der Waals surface area contributed by atoms with Crippen molar-refractivity contribution in [2.45, 2.75) is 27.5 Å². The summed E-state index contributed by atoms with van der Waals surface area (Å²) >= 11 is 0. The molecule has 0 aromatic rings. The summed E-state index contributed by atoms with van der Waals surface area (Å²) in [6.07, 6.45) is 1.12. The highest BCUT2D eigenvalue weighted by molar-refractivity contribution is 7.85. The van der Waals surface area contributed by atoms with Crippen LogP contribution in [0.1, 0.15) is 20.8 Å². The lowest BCUT2D eigenvalue weighted by atomic mass is 10.5. The van der Waals surface area contributed by atoms with Crippen molar-refractivity contribution in [1.29, 1.82) is 0 Å². The van der Waals surface area contributed by atoms with E-state index in [9.17, 15) is 21.6 Å². The normalized spacial score (nSPS) is 10.3. The average molecular weight is 293 g/mol. The highest BCUT2D eigenvalue weighted by Gasteiger charge is 1.95. The zero-order valence-corrected chi connectivity index (χ0v) is 11.8. The van der Waals surface area contributed by atoms with E-state index in [2.05, 4.69) is 32.3 Å². The van der Waals surface area contributed by atoms with Crippen molar-refractivity contribution in [3.8, 4) is 0 Å². The summed E-state index contributed by atoms with van der Waals surface area (Å²) in [5.74, 6) is -0.368. The number of nitrogens with zero attached hydrogens (tertiary/aromatic N) is 1. The van der Waals surface area contributed by atoms with E-state index in [0.29, 0.717) is 0 Å². The zero-order valence-electron chi connectivity index (χ0n) is 10.9. The van der Waals surface area contributed by atoms with E-state index in [1.807, 2.05) is 0 Å². The molecule has 0 aliphatic heterocycles. The van der Waals surface area contributed by atoms with Crippen molar-refractivity contribution in [2.75, 3.05) is 25.4 Å². The standard InChI is InChI=1S/C6H15N.C3H6O3S.CHF3/c1-4-7(5-2)6-3;1-2-3-7(4,5)6;2-1(3)4/h4-6H2,1-3H3;2H,1,3H2,(H,4,5,6);1H. The van der Waals surface area contributed by atoms with Crippen LogP contribution >= 0.6 is 0 Å². The fraction of sp³-hybridized carbons (Fsp3) is 0.800. The number of hydrogen-bond donors (Lipinski definition) is 1. The molecule has 0 rings (SSSR count). The summed E-state index contributed by atoms with van der Waals surface area (Å²) in [5, 5.41) is 0. The van der Waals surface area contributed by atoms with Crippen molar-refractivity contribution < 1.29 is 26.1 Å². The second kappa shape index (κ2) is 14.5. The molecular formula is C10H22F3NO3S. The third-order valence-electron chi connectivity index (χ3n) is 1.67. The molecule has 1 N–H and O–H groups in total. The van der Waals surface area contributed by atoms with Gasteiger partial charge in [0.25, 0.3) is 10.1 Å². The molecule has 0 aliphatic rings. The van der Waals surface area contributed by atoms with Gasteiger partial charge < -0.3 is 4.90 Å². The Hall–Kier alpha value is -0.600. The molecule has 0 aromatic heterocycles. The van der Waals surface area contributed by atoms with Crippen LogP contribution in [0.4, 0.5) is 13.2 Å². The molecule has 4 nitrogen and oxygen atoms in total. The van der Waals surface area contributed by atoms with Gasteiger partial charge in [-0.1, -0.05) is 26.8 Å². The largest absolute Gasteiger partial charge is 0.379 e. The lowest BCUT2D eigenvalue weighted by Crippen LogP contribution is -2.21. The predicted molar refractivity (Wildman–Crippen MR) is 67.2 cm³/mol. The molecule has 18 heavy (non-hydrogen) atoms. The van der Waals surface area contributed by atoms with Gasteiger partial charge in [0.15, 0.2) is 0 Å². The SMILES string of the molecule is C=CCS(=O)(=O)O.CCN(CC)CC.FC(F)F. The second-order valence-corrected chi connectivity index (χ2v) is 4.40. The fourth-order valence-electron chi connectivity index (χ4n) is 0.820. The van der Waals surface area contributed by atoms with Gasteiger partial charge in [-0.25, -0.2) is 0 Å². The first-order valence-corrected chi connectivity index (χ1v) is 6.95. The lowest BCUT2D eigenvalue weighted by molar-refractivity contribution is 0.00819. The van der Waals surface area contributed by atoms with Gasteiger partial charge in [-0.3, -0.25) is 4.55 Å². The summed E-state index contributed by atoms with van der Waals surface area (Å²) in [4.78, 5) is 2.38. The number of halogens is 3. The molecule has 0 saturated heterocycles. The summed E-state index contributed by atoms with van der Waals surface area (Å²) in [6, 6.07) is 0. The molecule has 0 aromatic carbocycles. The predicted octanol–water partition coefficient (Wildman–Crippen LogP) is 2.59. The Morgan fingerprint density at radius 2 is 1.44 bits per heavy atom. The smallest absolute Gasteiger partial charge is 0.304 e. The Labute approximate surface area is 107 Å². The maximum atomic E-state index is 9.72. The Balaban J connectivity index is -0.000000196. The van der Waals surface area contributed by atoms with Crippen LogP contribution in [0, 0.1) is 0 Å². The highest BCUT2D eigenvalue weighted by atomic mass is 32.2. The van der Waals surface area contributed by atoms with Crippen molar-refractivity contribution >= 4 is 10.1 Å². The van der Waals surface area contributed by atoms with Crippen molar-refractivity contribution in [3.63, 3.8) is 0 Å². The first-order valence-electron chi connectivity index (χ1n) is 5.35. The molecular weight excluding hydrogens is 271 g/mol. The summed E-state index contributed by atoms with van der Waals surface area (Å²) < 4.78 is 56.3. The fourth-order valence-corrected chi connectivity index (χ4v) is 1.12. The summed E-state index contributed by atoms with van der Waals surface area (Å²) in [7, 11) is -3.79. The Bertz CT molecular complexity index is 259. The van der Waals surface area contributed by atoms with E-state index in [4.69, 9.17) is 4.55 Å². The van der Waals surface area contributed by atoms with Gasteiger partial charge in [-0.2, -0.15) is 21.6 Å². The van der Waals surface area contributed by atoms with Gasteiger partial charge >= 0.3 is 6.68 Å². The van der Waals surface area contributed by atoms with Crippen LogP contribution in [-0.2, 0) is 10.1 Å². The van der Waals surface area contributed by atoms with Gasteiger partial charge in [0.1, 0.15) is 0 Å². The van der Waals surface area contributed by atoms with Gasteiger partial charge in [0.05, 0.1) is 5.75 Å². The highest BCUT2D eigenvalue weighted by Crippen LogP contribution is 1.87. The third-order valence-corrected chi connectivity index (χ3v) is 2.33. The lowest BCUT2D eigenvalue weighted by Gasteiger charge is -2.13. The van der Waals surface area contributed by atoms with Crippen molar-refractivity contribution in [2.24, 2.45) is 0 Å². The number of alkyl halides is 3. The van der Waals surface area contributed by atoms with Crippen LogP contribution < -0.4 is 0 Å². The molecule has 0 saturated carbocycles. The van der Waals surface area contributed by atoms with Gasteiger partial charge in [0.2, 0.25) is 0 Å². The zero-order chi connectivity index (χ0) is 15.2. The Morgan fingerprint density at radius 3 is 1.44 bits per heavy atom. The van der Waals surface area contributed by atoms with Gasteiger partial charge in [0, 0.05) is 0 Å². The van der Waals surface area contributed by atoms with E-state index >= 15 is 0 Å². The topological polar surface area (TPSA) is 57.6 Å². The van der Waals surface area contributed by atoms with Gasteiger partial charge in [-0.05, 0) is 19.6 Å². The third kappa shape index (κ3) is 36.1. The molecule has 0 spiro atoms. The summed E-state index contributed by atoms with van der Waals surface area (Å²) in [5.41, 5.74) is 0. The number of rotatable bonds is 5. The van der Waals surface area contributed by atoms with Crippen molar-refractivity contribution in [1.82, 2.24) is 4.90 Å². The first-order chi connectivity index (χ1) is 8.14. The maximum Gasteiger partial charge on any atom is 0.379 e. The minimum absolute atomic E-state index is 0.368. The molecule has 0 heterocycles. The number of hydrogen-bond acceptors (Lipinski definition) is 3. The van der Waals surface area contributed by atoms with Crippen molar-refractivity contribution in [3.05, 3.63) is 12.7 Å². The summed E-state index contributed by atoms with van der Waals surface area (Å²) in [6.45, 7) is 9.57. The molecule has 112 valence electrons. The van der Waals surface area contributed by atoms with Crippen LogP contribution in [0.5, 0.6) is 0 Å². The quantitative estimate of drug-likeness (QED) is 0.625. The molecule has 0 fully saturated rings. The minimum atomic E-state index is -3.79. The Kier molecular flexibility index (Phi) is 18.1. The maximum absolute atomic E-state index is 9.72. The Morgan fingerprint density at radius 1 is 1.17 bits per heavy atom. The van der Waals surface area contributed by atoms with E-state index < -0.39 is 16.8 Å². The van der Waals surface area contributed by atoms with E-state index in [0.717, 1.165) is 6.08 Å². The second-order valence-electron chi connectivity index (χ2n) is 2.90. The molecule has 8 heteroatoms. The van der Waals surface area contributed by atoms with Crippen LogP contribution in [0.2, 0.25) is 0 Å². The molecule has 0 atom stereocenters. The van der Waals surface area contributed by atoms with Crippen LogP contribution in [0.3, 0.4) is 0 Å². The van der Waals surface area contributed by atoms with Crippen LogP contribution in [0.25, 0.3) is 0 Å². The molecule has 0 radical (unpaired) electrons. The molecule has 0 amide bonds. The van der Waals surface area contributed by atoms with E-state index in [-0.39, 0.29) is 5.75 Å². The van der Waals surface area contributed by atoms with Crippen LogP contribution in [0.15, 0.2) is 12.7 Å². The average Bonchev–Trinajstić information content (AvgIpc) is 2.18. The molecule has 0 unspecified atom stereocenters. The first kappa shape index (κ1) is 22.6. The monoisotopic (exact) mass is 293 g/mol. The molecule has 0 bridgehead atoms.